The fourth-order valence-electron chi connectivity index (χ4n) is 2.04. The van der Waals surface area contributed by atoms with Crippen molar-refractivity contribution in [3.05, 3.63) is 81.5 Å². The zero-order valence-electron chi connectivity index (χ0n) is 12.2. The number of halogens is 2. The first-order valence-corrected chi connectivity index (χ1v) is 8.13. The molecule has 0 radical (unpaired) electrons. The van der Waals surface area contributed by atoms with Crippen molar-refractivity contribution in [3.63, 3.8) is 0 Å². The van der Waals surface area contributed by atoms with Crippen LogP contribution in [0.15, 0.2) is 65.3 Å². The molecule has 1 heterocycles. The van der Waals surface area contributed by atoms with E-state index in [9.17, 15) is 9.59 Å². The molecule has 1 amide bonds. The van der Waals surface area contributed by atoms with Gasteiger partial charge in [0.15, 0.2) is 5.69 Å². The Bertz CT molecular complexity index is 906. The van der Waals surface area contributed by atoms with Crippen molar-refractivity contribution < 1.29 is 9.59 Å². The van der Waals surface area contributed by atoms with Gasteiger partial charge in [-0.1, -0.05) is 33.6 Å². The molecule has 0 unspecified atom stereocenters. The van der Waals surface area contributed by atoms with E-state index < -0.39 is 5.91 Å². The van der Waals surface area contributed by atoms with Gasteiger partial charge in [-0.2, -0.15) is 5.10 Å². The lowest BCUT2D eigenvalue weighted by Crippen LogP contribution is -2.16. The van der Waals surface area contributed by atoms with Gasteiger partial charge in [0.05, 0.1) is 0 Å². The lowest BCUT2D eigenvalue weighted by atomic mass is 10.2. The van der Waals surface area contributed by atoms with Crippen LogP contribution in [0.3, 0.4) is 0 Å². The monoisotopic (exact) mass is 403 g/mol. The molecule has 5 nitrogen and oxygen atoms in total. The van der Waals surface area contributed by atoms with Gasteiger partial charge in [0.25, 0.3) is 11.8 Å². The number of aromatic nitrogens is 2. The quantitative estimate of drug-likeness (QED) is 0.710. The van der Waals surface area contributed by atoms with Gasteiger partial charge in [-0.3, -0.25) is 9.59 Å². The second-order valence-corrected chi connectivity index (χ2v) is 6.27. The Hall–Kier alpha value is -2.44. The maximum Gasteiger partial charge on any atom is 0.278 e. The predicted octanol–water partition coefficient (Wildman–Crippen LogP) is 4.24. The number of amides is 1. The van der Waals surface area contributed by atoms with Crippen LogP contribution in [-0.4, -0.2) is 21.6 Å². The summed E-state index contributed by atoms with van der Waals surface area (Å²) in [4.78, 5) is 24.5. The van der Waals surface area contributed by atoms with Crippen LogP contribution in [-0.2, 0) is 0 Å². The van der Waals surface area contributed by atoms with Crippen molar-refractivity contribution in [2.75, 3.05) is 5.32 Å². The lowest BCUT2D eigenvalue weighted by Gasteiger charge is -2.03. The molecule has 1 N–H and O–H groups in total. The molecule has 120 valence electrons. The van der Waals surface area contributed by atoms with Crippen LogP contribution >= 0.6 is 27.5 Å². The van der Waals surface area contributed by atoms with Gasteiger partial charge in [0.1, 0.15) is 0 Å². The van der Waals surface area contributed by atoms with Crippen molar-refractivity contribution in [1.82, 2.24) is 9.78 Å². The minimum Gasteiger partial charge on any atom is -0.321 e. The summed E-state index contributed by atoms with van der Waals surface area (Å²) in [5, 5.41) is 7.31. The molecule has 2 aromatic carbocycles. The average molecular weight is 405 g/mol. The molecule has 0 fully saturated rings. The van der Waals surface area contributed by atoms with E-state index in [-0.39, 0.29) is 11.6 Å². The highest BCUT2D eigenvalue weighted by molar-refractivity contribution is 9.10. The average Bonchev–Trinajstić information content (AvgIpc) is 3.05. The lowest BCUT2D eigenvalue weighted by molar-refractivity contribution is 0.0944. The molecule has 0 aliphatic rings. The normalized spacial score (nSPS) is 10.4. The van der Waals surface area contributed by atoms with Crippen molar-refractivity contribution in [3.8, 4) is 0 Å². The summed E-state index contributed by atoms with van der Waals surface area (Å²) in [6, 6.07) is 15.1. The van der Waals surface area contributed by atoms with E-state index in [2.05, 4.69) is 26.3 Å². The van der Waals surface area contributed by atoms with Gasteiger partial charge >= 0.3 is 0 Å². The van der Waals surface area contributed by atoms with Crippen LogP contribution in [0.2, 0.25) is 5.02 Å². The second-order valence-electron chi connectivity index (χ2n) is 4.92. The SMILES string of the molecule is O=C(Nc1cccc(Br)c1)c1ccn(C(=O)c2ccc(Cl)cc2)n1. The van der Waals surface area contributed by atoms with E-state index in [0.717, 1.165) is 9.15 Å². The van der Waals surface area contributed by atoms with Crippen molar-refractivity contribution >= 4 is 45.0 Å². The summed E-state index contributed by atoms with van der Waals surface area (Å²) in [5.74, 6) is -0.732. The second kappa shape index (κ2) is 6.98. The Labute approximate surface area is 151 Å². The van der Waals surface area contributed by atoms with Gasteiger partial charge in [0, 0.05) is 26.9 Å². The molecule has 0 spiro atoms. The molecule has 7 heteroatoms. The molecule has 0 bridgehead atoms. The number of hydrogen-bond donors (Lipinski definition) is 1. The summed E-state index contributed by atoms with van der Waals surface area (Å²) in [5.41, 5.74) is 1.21. The zero-order chi connectivity index (χ0) is 17.1. The van der Waals surface area contributed by atoms with Gasteiger partial charge in [-0.25, -0.2) is 4.68 Å². The first kappa shape index (κ1) is 16.4. The van der Waals surface area contributed by atoms with E-state index in [1.807, 2.05) is 12.1 Å². The first-order chi connectivity index (χ1) is 11.5. The smallest absolute Gasteiger partial charge is 0.278 e. The van der Waals surface area contributed by atoms with Crippen LogP contribution in [0.4, 0.5) is 5.69 Å². The molecule has 0 atom stereocenters. The van der Waals surface area contributed by atoms with E-state index in [4.69, 9.17) is 11.6 Å². The van der Waals surface area contributed by atoms with Gasteiger partial charge < -0.3 is 5.32 Å². The summed E-state index contributed by atoms with van der Waals surface area (Å²) in [6.45, 7) is 0. The third-order valence-corrected chi connectivity index (χ3v) is 3.95. The fraction of sp³-hybridized carbons (Fsp3) is 0. The van der Waals surface area contributed by atoms with Crippen LogP contribution in [0.1, 0.15) is 20.8 Å². The van der Waals surface area contributed by atoms with Crippen LogP contribution in [0, 0.1) is 0 Å². The Kier molecular flexibility index (Phi) is 4.78. The fourth-order valence-corrected chi connectivity index (χ4v) is 2.57. The van der Waals surface area contributed by atoms with Crippen LogP contribution < -0.4 is 5.32 Å². The Morgan fingerprint density at radius 2 is 1.83 bits per heavy atom. The molecule has 0 saturated heterocycles. The number of rotatable bonds is 3. The third kappa shape index (κ3) is 3.72. The van der Waals surface area contributed by atoms with Crippen LogP contribution in [0.25, 0.3) is 0 Å². The van der Waals surface area contributed by atoms with E-state index in [1.54, 1.807) is 36.4 Å². The van der Waals surface area contributed by atoms with E-state index in [1.165, 1.54) is 12.3 Å². The van der Waals surface area contributed by atoms with Crippen LogP contribution in [0.5, 0.6) is 0 Å². The maximum atomic E-state index is 12.3. The number of carbonyl (C=O) groups excluding carboxylic acids is 2. The van der Waals surface area contributed by atoms with E-state index >= 15 is 0 Å². The molecule has 1 aromatic heterocycles. The highest BCUT2D eigenvalue weighted by Crippen LogP contribution is 2.16. The standard InChI is InChI=1S/C17H11BrClN3O2/c18-12-2-1-3-14(10-12)20-16(23)15-8-9-22(21-15)17(24)11-4-6-13(19)7-5-11/h1-10H,(H,20,23). The van der Waals surface area contributed by atoms with Crippen molar-refractivity contribution in [1.29, 1.82) is 0 Å². The molecule has 0 aliphatic carbocycles. The molecular formula is C17H11BrClN3O2. The van der Waals surface area contributed by atoms with Gasteiger partial charge in [0.2, 0.25) is 0 Å². The summed E-state index contributed by atoms with van der Waals surface area (Å²) in [7, 11) is 0. The molecule has 3 aromatic rings. The number of anilines is 1. The summed E-state index contributed by atoms with van der Waals surface area (Å²) < 4.78 is 1.97. The molecule has 24 heavy (non-hydrogen) atoms. The van der Waals surface area contributed by atoms with Gasteiger partial charge in [-0.05, 0) is 48.5 Å². The van der Waals surface area contributed by atoms with Crippen molar-refractivity contribution in [2.45, 2.75) is 0 Å². The highest BCUT2D eigenvalue weighted by atomic mass is 79.9. The molecule has 3 rings (SSSR count). The Morgan fingerprint density at radius 1 is 1.08 bits per heavy atom. The number of benzene rings is 2. The summed E-state index contributed by atoms with van der Waals surface area (Å²) >= 11 is 9.14. The minimum absolute atomic E-state index is 0.150. The number of nitrogens with one attached hydrogen (secondary N) is 1. The number of carbonyl (C=O) groups is 2. The summed E-state index contributed by atoms with van der Waals surface area (Å²) in [6.07, 6.45) is 1.45. The molecule has 0 aliphatic heterocycles. The largest absolute Gasteiger partial charge is 0.321 e. The number of nitrogens with zero attached hydrogens (tertiary/aromatic N) is 2. The Balaban J connectivity index is 1.76. The maximum absolute atomic E-state index is 12.3. The third-order valence-electron chi connectivity index (χ3n) is 3.20. The highest BCUT2D eigenvalue weighted by Gasteiger charge is 2.14. The molecule has 0 saturated carbocycles. The van der Waals surface area contributed by atoms with Crippen molar-refractivity contribution in [2.24, 2.45) is 0 Å². The minimum atomic E-state index is -0.393. The Morgan fingerprint density at radius 3 is 2.54 bits per heavy atom. The topological polar surface area (TPSA) is 64.0 Å². The predicted molar refractivity (Wildman–Crippen MR) is 95.5 cm³/mol. The molecular weight excluding hydrogens is 394 g/mol. The first-order valence-electron chi connectivity index (χ1n) is 6.96. The number of hydrogen-bond acceptors (Lipinski definition) is 3. The zero-order valence-corrected chi connectivity index (χ0v) is 14.6. The van der Waals surface area contributed by atoms with Gasteiger partial charge in [-0.15, -0.1) is 0 Å². The van der Waals surface area contributed by atoms with E-state index in [0.29, 0.717) is 16.3 Å².